The van der Waals surface area contributed by atoms with Gasteiger partial charge >= 0.3 is 128 Å². The number of ether oxygens (including phenoxy) is 1. The molecule has 0 bridgehead atoms. The van der Waals surface area contributed by atoms with Crippen LogP contribution in [0.3, 0.4) is 0 Å². The van der Waals surface area contributed by atoms with Gasteiger partial charge in [-0.05, 0) is 0 Å². The Morgan fingerprint density at radius 3 is 1.67 bits per heavy atom. The second-order valence-corrected chi connectivity index (χ2v) is 6.55. The van der Waals surface area contributed by atoms with Crippen molar-refractivity contribution in [2.75, 3.05) is 6.61 Å². The van der Waals surface area contributed by atoms with Gasteiger partial charge in [-0.3, -0.25) is 0 Å². The third-order valence-electron chi connectivity index (χ3n) is 3.75. The van der Waals surface area contributed by atoms with E-state index in [1.165, 1.54) is 57.8 Å². The summed E-state index contributed by atoms with van der Waals surface area (Å²) in [7, 11) is 0. The molecule has 0 N–H and O–H groups in total. The molecule has 0 aromatic heterocycles. The number of unbranched alkanes of at least 4 members (excludes halogenated alkanes) is 3. The van der Waals surface area contributed by atoms with Crippen molar-refractivity contribution in [1.82, 2.24) is 0 Å². The van der Waals surface area contributed by atoms with Crippen molar-refractivity contribution in [2.45, 2.75) is 78.6 Å². The molecule has 18 heavy (non-hydrogen) atoms. The van der Waals surface area contributed by atoms with Crippen LogP contribution in [0.15, 0.2) is 10.4 Å². The van der Waals surface area contributed by atoms with Crippen LogP contribution in [0, 0.1) is 5.41 Å². The molecule has 0 saturated carbocycles. The van der Waals surface area contributed by atoms with Crippen molar-refractivity contribution >= 4 is 22.5 Å². The Morgan fingerprint density at radius 1 is 0.889 bits per heavy atom. The molecule has 0 amide bonds. The van der Waals surface area contributed by atoms with Crippen molar-refractivity contribution in [1.29, 1.82) is 0 Å². The molecule has 0 aromatic rings. The van der Waals surface area contributed by atoms with Crippen molar-refractivity contribution in [3.05, 3.63) is 10.4 Å². The van der Waals surface area contributed by atoms with E-state index in [-0.39, 0.29) is 0 Å². The van der Waals surface area contributed by atoms with E-state index in [0.717, 1.165) is 29.1 Å². The molecule has 0 aliphatic carbocycles. The molecule has 0 unspecified atom stereocenters. The van der Waals surface area contributed by atoms with Crippen LogP contribution in [0.5, 0.6) is 0 Å². The second-order valence-electron chi connectivity index (χ2n) is 5.45. The van der Waals surface area contributed by atoms with Gasteiger partial charge in [0.15, 0.2) is 0 Å². The fraction of sp³-hybridized carbons (Fsp3) is 0.875. The zero-order chi connectivity index (χ0) is 13.7. The van der Waals surface area contributed by atoms with Crippen LogP contribution in [0.25, 0.3) is 0 Å². The van der Waals surface area contributed by atoms with E-state index < -0.39 is 0 Å². The standard InChI is InChI=1S/C16H31O.Sn.H/c1-5-9-12-16(13-10-6-2,14-11-7-3)15-17-8-4;;/h4,8H,5-7,9-15H2,1-3H3;;. The van der Waals surface area contributed by atoms with Gasteiger partial charge in [-0.15, -0.1) is 0 Å². The SMILES string of the molecule is CCCCC(CCCC)(CCCC)COC=[CH][SnH]. The summed E-state index contributed by atoms with van der Waals surface area (Å²) < 4.78 is 7.91. The Hall–Kier alpha value is 0.339. The zero-order valence-electron chi connectivity index (χ0n) is 12.7. The zero-order valence-corrected chi connectivity index (χ0v) is 16.0. The van der Waals surface area contributed by atoms with Crippen LogP contribution in [0.1, 0.15) is 78.6 Å². The van der Waals surface area contributed by atoms with Crippen molar-refractivity contribution in [3.8, 4) is 0 Å². The Morgan fingerprint density at radius 2 is 1.33 bits per heavy atom. The van der Waals surface area contributed by atoms with Crippen molar-refractivity contribution in [2.24, 2.45) is 5.41 Å². The average molecular weight is 359 g/mol. The van der Waals surface area contributed by atoms with Crippen LogP contribution in [0.2, 0.25) is 0 Å². The predicted octanol–water partition coefficient (Wildman–Crippen LogP) is 4.93. The maximum absolute atomic E-state index is 5.79. The summed E-state index contributed by atoms with van der Waals surface area (Å²) in [5, 5.41) is 0. The number of hydrogen-bond donors (Lipinski definition) is 0. The number of hydrogen-bond acceptors (Lipinski definition) is 1. The van der Waals surface area contributed by atoms with E-state index >= 15 is 0 Å². The van der Waals surface area contributed by atoms with Crippen LogP contribution in [0.4, 0.5) is 0 Å². The van der Waals surface area contributed by atoms with Crippen LogP contribution < -0.4 is 0 Å². The average Bonchev–Trinajstić information content (AvgIpc) is 2.40. The Balaban J connectivity index is 4.50. The monoisotopic (exact) mass is 360 g/mol. The third-order valence-corrected chi connectivity index (χ3v) is 4.19. The van der Waals surface area contributed by atoms with Gasteiger partial charge in [0, 0.05) is 0 Å². The summed E-state index contributed by atoms with van der Waals surface area (Å²) in [6.07, 6.45) is 13.9. The van der Waals surface area contributed by atoms with E-state index in [1.54, 1.807) is 0 Å². The molecule has 0 spiro atoms. The van der Waals surface area contributed by atoms with Gasteiger partial charge in [-0.1, -0.05) is 0 Å². The molecular formula is C16H32OSn. The van der Waals surface area contributed by atoms with Crippen LogP contribution in [-0.2, 0) is 4.74 Å². The summed E-state index contributed by atoms with van der Waals surface area (Å²) in [5.41, 5.74) is 0.447. The topological polar surface area (TPSA) is 9.23 Å². The molecule has 0 fully saturated rings. The van der Waals surface area contributed by atoms with Gasteiger partial charge in [-0.25, -0.2) is 0 Å². The van der Waals surface area contributed by atoms with Crippen molar-refractivity contribution in [3.63, 3.8) is 0 Å². The molecule has 0 atom stereocenters. The molecule has 2 radical (unpaired) electrons. The minimum absolute atomic E-state index is 0.447. The van der Waals surface area contributed by atoms with Gasteiger partial charge in [0.25, 0.3) is 0 Å². The number of rotatable bonds is 12. The third kappa shape index (κ3) is 8.44. The van der Waals surface area contributed by atoms with E-state index in [1.807, 2.05) is 6.26 Å². The molecular weight excluding hydrogens is 327 g/mol. The molecule has 2 heteroatoms. The molecule has 0 aliphatic heterocycles. The van der Waals surface area contributed by atoms with Gasteiger partial charge in [0.05, 0.1) is 0 Å². The Bertz CT molecular complexity index is 179. The minimum atomic E-state index is 0.447. The fourth-order valence-electron chi connectivity index (χ4n) is 2.53. The van der Waals surface area contributed by atoms with E-state index in [9.17, 15) is 0 Å². The second kappa shape index (κ2) is 12.4. The van der Waals surface area contributed by atoms with E-state index in [2.05, 4.69) is 24.9 Å². The molecule has 0 rings (SSSR count). The van der Waals surface area contributed by atoms with Gasteiger partial charge in [-0.2, -0.15) is 0 Å². The van der Waals surface area contributed by atoms with Crippen LogP contribution >= 0.6 is 0 Å². The maximum atomic E-state index is 5.79. The first-order valence-electron chi connectivity index (χ1n) is 7.73. The summed E-state index contributed by atoms with van der Waals surface area (Å²) in [6.45, 7) is 7.82. The van der Waals surface area contributed by atoms with Gasteiger partial charge < -0.3 is 0 Å². The molecule has 1 nitrogen and oxygen atoms in total. The molecule has 0 heterocycles. The van der Waals surface area contributed by atoms with Gasteiger partial charge in [0.2, 0.25) is 0 Å². The first kappa shape index (κ1) is 18.3. The first-order chi connectivity index (χ1) is 8.74. The quantitative estimate of drug-likeness (QED) is 0.355. The van der Waals surface area contributed by atoms with Crippen molar-refractivity contribution < 1.29 is 4.74 Å². The van der Waals surface area contributed by atoms with E-state index in [4.69, 9.17) is 4.74 Å². The summed E-state index contributed by atoms with van der Waals surface area (Å²) in [5.74, 6) is 0. The molecule has 0 aliphatic rings. The summed E-state index contributed by atoms with van der Waals surface area (Å²) in [6, 6.07) is 0. The van der Waals surface area contributed by atoms with Crippen LogP contribution in [-0.4, -0.2) is 29.1 Å². The molecule has 106 valence electrons. The molecule has 0 saturated heterocycles. The Kier molecular flexibility index (Phi) is 12.6. The molecule has 0 aromatic carbocycles. The predicted molar refractivity (Wildman–Crippen MR) is 83.2 cm³/mol. The Labute approximate surface area is 128 Å². The summed E-state index contributed by atoms with van der Waals surface area (Å²) >= 11 is 1.15. The van der Waals surface area contributed by atoms with E-state index in [0.29, 0.717) is 5.41 Å². The fourth-order valence-corrected chi connectivity index (χ4v) is 2.84. The first-order valence-corrected chi connectivity index (χ1v) is 9.63. The normalized spacial score (nSPS) is 12.2. The van der Waals surface area contributed by atoms with Gasteiger partial charge in [0.1, 0.15) is 0 Å². The summed E-state index contributed by atoms with van der Waals surface area (Å²) in [4.78, 5) is 0.